The molecule has 0 spiro atoms. The van der Waals surface area contributed by atoms with Gasteiger partial charge in [-0.1, -0.05) is 0 Å². The summed E-state index contributed by atoms with van der Waals surface area (Å²) in [4.78, 5) is 22.9. The number of carbonyl (C=O) groups is 1. The van der Waals surface area contributed by atoms with E-state index in [-0.39, 0.29) is 5.91 Å². The predicted molar refractivity (Wildman–Crippen MR) is 82.9 cm³/mol. The molecule has 0 radical (unpaired) electrons. The minimum absolute atomic E-state index is 0.0401. The number of hydrazine groups is 1. The lowest BCUT2D eigenvalue weighted by Crippen LogP contribution is -2.50. The van der Waals surface area contributed by atoms with Gasteiger partial charge in [-0.3, -0.25) is 9.69 Å². The van der Waals surface area contributed by atoms with Gasteiger partial charge in [0.25, 0.3) is 5.91 Å². The number of nitrogen functional groups attached to an aromatic ring is 1. The average Bonchev–Trinajstić information content (AvgIpc) is 2.53. The van der Waals surface area contributed by atoms with E-state index in [1.165, 1.54) is 0 Å². The van der Waals surface area contributed by atoms with Gasteiger partial charge in [0.15, 0.2) is 0 Å². The first-order valence-corrected chi connectivity index (χ1v) is 7.19. The van der Waals surface area contributed by atoms with Crippen LogP contribution in [-0.4, -0.2) is 79.0 Å². The van der Waals surface area contributed by atoms with Gasteiger partial charge in [0.05, 0.1) is 5.56 Å². The highest BCUT2D eigenvalue weighted by Gasteiger charge is 2.22. The highest BCUT2D eigenvalue weighted by molar-refractivity contribution is 5.94. The van der Waals surface area contributed by atoms with Crippen molar-refractivity contribution in [3.05, 3.63) is 23.9 Å². The van der Waals surface area contributed by atoms with Crippen LogP contribution < -0.4 is 11.3 Å². The molecular formula is C14H24N6O. The van der Waals surface area contributed by atoms with Crippen LogP contribution in [0.5, 0.6) is 0 Å². The number of amides is 1. The first-order valence-electron chi connectivity index (χ1n) is 7.19. The molecule has 0 aliphatic carbocycles. The van der Waals surface area contributed by atoms with E-state index in [0.717, 1.165) is 39.3 Å². The van der Waals surface area contributed by atoms with E-state index in [4.69, 9.17) is 5.84 Å². The monoisotopic (exact) mass is 292 g/mol. The highest BCUT2D eigenvalue weighted by atomic mass is 16.2. The second-order valence-electron chi connectivity index (χ2n) is 5.51. The molecule has 0 unspecified atom stereocenters. The van der Waals surface area contributed by atoms with Crippen LogP contribution in [0.4, 0.5) is 5.82 Å². The van der Waals surface area contributed by atoms with Crippen molar-refractivity contribution >= 4 is 11.7 Å². The highest BCUT2D eigenvalue weighted by Crippen LogP contribution is 2.10. The number of pyridine rings is 1. The first-order chi connectivity index (χ1) is 10.1. The molecule has 7 nitrogen and oxygen atoms in total. The summed E-state index contributed by atoms with van der Waals surface area (Å²) in [6.07, 6.45) is 1.57. The number of hydrogen-bond donors (Lipinski definition) is 2. The lowest BCUT2D eigenvalue weighted by Gasteiger charge is -2.35. The summed E-state index contributed by atoms with van der Waals surface area (Å²) in [5, 5.41) is 0. The smallest absolute Gasteiger partial charge is 0.255 e. The van der Waals surface area contributed by atoms with Crippen LogP contribution in [0.3, 0.4) is 0 Å². The fraction of sp³-hybridized carbons (Fsp3) is 0.571. The third-order valence-corrected chi connectivity index (χ3v) is 3.68. The fourth-order valence-electron chi connectivity index (χ4n) is 2.30. The van der Waals surface area contributed by atoms with Gasteiger partial charge in [-0.25, -0.2) is 10.8 Å². The number of piperazine rings is 1. The molecule has 3 N–H and O–H groups in total. The molecule has 116 valence electrons. The molecule has 1 aliphatic heterocycles. The third-order valence-electron chi connectivity index (χ3n) is 3.68. The Morgan fingerprint density at radius 2 is 2.05 bits per heavy atom. The second kappa shape index (κ2) is 7.35. The number of hydrogen-bond acceptors (Lipinski definition) is 6. The molecule has 1 amide bonds. The largest absolute Gasteiger partial charge is 0.336 e. The second-order valence-corrected chi connectivity index (χ2v) is 5.51. The van der Waals surface area contributed by atoms with E-state index < -0.39 is 0 Å². The zero-order valence-corrected chi connectivity index (χ0v) is 12.7. The van der Waals surface area contributed by atoms with Crippen molar-refractivity contribution in [3.63, 3.8) is 0 Å². The molecule has 7 heteroatoms. The molecular weight excluding hydrogens is 268 g/mol. The quantitative estimate of drug-likeness (QED) is 0.572. The summed E-state index contributed by atoms with van der Waals surface area (Å²) in [6.45, 7) is 5.48. The third kappa shape index (κ3) is 4.38. The number of rotatable bonds is 5. The van der Waals surface area contributed by atoms with Crippen molar-refractivity contribution in [1.29, 1.82) is 0 Å². The Balaban J connectivity index is 1.84. The van der Waals surface area contributed by atoms with E-state index in [0.29, 0.717) is 11.4 Å². The van der Waals surface area contributed by atoms with Crippen molar-refractivity contribution in [3.8, 4) is 0 Å². The SMILES string of the molecule is CN(C)CCN1CCN(C(=O)c2ccc(NN)nc2)CC1. The number of likely N-dealkylation sites (N-methyl/N-ethyl adjacent to an activating group) is 1. The summed E-state index contributed by atoms with van der Waals surface area (Å²) < 4.78 is 0. The first kappa shape index (κ1) is 15.7. The Morgan fingerprint density at radius 3 is 2.57 bits per heavy atom. The molecule has 1 saturated heterocycles. The molecule has 2 rings (SSSR count). The van der Waals surface area contributed by atoms with Crippen molar-refractivity contribution < 1.29 is 4.79 Å². The zero-order chi connectivity index (χ0) is 15.2. The summed E-state index contributed by atoms with van der Waals surface area (Å²) in [7, 11) is 4.15. The lowest BCUT2D eigenvalue weighted by atomic mass is 10.2. The van der Waals surface area contributed by atoms with Gasteiger partial charge in [-0.2, -0.15) is 0 Å². The van der Waals surface area contributed by atoms with Crippen LogP contribution >= 0.6 is 0 Å². The van der Waals surface area contributed by atoms with Crippen LogP contribution in [0, 0.1) is 0 Å². The van der Waals surface area contributed by atoms with Crippen LogP contribution in [0.15, 0.2) is 18.3 Å². The van der Waals surface area contributed by atoms with E-state index in [1.54, 1.807) is 18.3 Å². The topological polar surface area (TPSA) is 77.7 Å². The van der Waals surface area contributed by atoms with E-state index >= 15 is 0 Å². The van der Waals surface area contributed by atoms with Crippen molar-refractivity contribution in [2.45, 2.75) is 0 Å². The maximum Gasteiger partial charge on any atom is 0.255 e. The Labute approximate surface area is 125 Å². The summed E-state index contributed by atoms with van der Waals surface area (Å²) in [5.74, 6) is 5.86. The fourth-order valence-corrected chi connectivity index (χ4v) is 2.30. The van der Waals surface area contributed by atoms with Crippen LogP contribution in [0.25, 0.3) is 0 Å². The van der Waals surface area contributed by atoms with Gasteiger partial charge in [0, 0.05) is 45.5 Å². The molecule has 1 aromatic heterocycles. The van der Waals surface area contributed by atoms with Gasteiger partial charge >= 0.3 is 0 Å². The minimum Gasteiger partial charge on any atom is -0.336 e. The van der Waals surface area contributed by atoms with Gasteiger partial charge < -0.3 is 15.2 Å². The van der Waals surface area contributed by atoms with Gasteiger partial charge in [-0.05, 0) is 26.2 Å². The maximum atomic E-state index is 12.4. The number of aromatic nitrogens is 1. The number of nitrogens with zero attached hydrogens (tertiary/aromatic N) is 4. The summed E-state index contributed by atoms with van der Waals surface area (Å²) in [5.41, 5.74) is 3.06. The molecule has 0 bridgehead atoms. The van der Waals surface area contributed by atoms with Crippen molar-refractivity contribution in [2.24, 2.45) is 5.84 Å². The zero-order valence-electron chi connectivity index (χ0n) is 12.7. The number of nitrogens with two attached hydrogens (primary N) is 1. The minimum atomic E-state index is 0.0401. The van der Waals surface area contributed by atoms with Gasteiger partial charge in [0.1, 0.15) is 5.82 Å². The normalized spacial score (nSPS) is 16.3. The maximum absolute atomic E-state index is 12.4. The average molecular weight is 292 g/mol. The van der Waals surface area contributed by atoms with Crippen LogP contribution in [0.1, 0.15) is 10.4 Å². The Hall–Kier alpha value is -1.70. The molecule has 21 heavy (non-hydrogen) atoms. The molecule has 1 fully saturated rings. The van der Waals surface area contributed by atoms with Crippen molar-refractivity contribution in [2.75, 3.05) is 58.8 Å². The lowest BCUT2D eigenvalue weighted by molar-refractivity contribution is 0.0629. The molecule has 0 aromatic carbocycles. The van der Waals surface area contributed by atoms with E-state index in [1.807, 2.05) is 4.90 Å². The summed E-state index contributed by atoms with van der Waals surface area (Å²) >= 11 is 0. The van der Waals surface area contributed by atoms with Crippen LogP contribution in [-0.2, 0) is 0 Å². The Kier molecular flexibility index (Phi) is 5.49. The van der Waals surface area contributed by atoms with Gasteiger partial charge in [0.2, 0.25) is 0 Å². The molecule has 1 aromatic rings. The number of carbonyl (C=O) groups excluding carboxylic acids is 1. The number of nitrogens with one attached hydrogen (secondary N) is 1. The van der Waals surface area contributed by atoms with E-state index in [2.05, 4.69) is 34.3 Å². The number of anilines is 1. The Morgan fingerprint density at radius 1 is 1.33 bits per heavy atom. The standard InChI is InChI=1S/C14H24N6O/c1-18(2)5-6-19-7-9-20(10-8-19)14(21)12-3-4-13(17-15)16-11-12/h3-4,11H,5-10,15H2,1-2H3,(H,16,17). The summed E-state index contributed by atoms with van der Waals surface area (Å²) in [6, 6.07) is 3.46. The Bertz CT molecular complexity index is 453. The predicted octanol–water partition coefficient (Wildman–Crippen LogP) is -0.313. The molecule has 2 heterocycles. The molecule has 0 atom stereocenters. The van der Waals surface area contributed by atoms with Crippen LogP contribution in [0.2, 0.25) is 0 Å². The van der Waals surface area contributed by atoms with E-state index in [9.17, 15) is 4.79 Å². The molecule has 0 saturated carbocycles. The van der Waals surface area contributed by atoms with Gasteiger partial charge in [-0.15, -0.1) is 0 Å². The molecule has 1 aliphatic rings. The van der Waals surface area contributed by atoms with Crippen molar-refractivity contribution in [1.82, 2.24) is 19.7 Å².